The normalized spacial score (nSPS) is 23.5. The van der Waals surface area contributed by atoms with Crippen LogP contribution in [0, 0.1) is 11.3 Å². The van der Waals surface area contributed by atoms with Crippen molar-refractivity contribution < 1.29 is 0 Å². The number of rotatable bonds is 1. The van der Waals surface area contributed by atoms with Crippen molar-refractivity contribution in [3.05, 3.63) is 16.0 Å². The number of nitriles is 1. The van der Waals surface area contributed by atoms with Crippen molar-refractivity contribution in [1.82, 2.24) is 0 Å². The summed E-state index contributed by atoms with van der Waals surface area (Å²) in [5, 5.41) is 10.6. The first-order valence-corrected chi connectivity index (χ1v) is 7.16. The Morgan fingerprint density at radius 1 is 1.35 bits per heavy atom. The van der Waals surface area contributed by atoms with Gasteiger partial charge in [-0.15, -0.1) is 11.3 Å². The van der Waals surface area contributed by atoms with E-state index >= 15 is 0 Å². The van der Waals surface area contributed by atoms with Gasteiger partial charge in [0.15, 0.2) is 0 Å². The number of anilines is 1. The minimum Gasteiger partial charge on any atom is -0.361 e. The van der Waals surface area contributed by atoms with Crippen LogP contribution in [0.15, 0.2) is 0 Å². The Balaban J connectivity index is 1.99. The molecule has 90 valence electrons. The van der Waals surface area contributed by atoms with Crippen molar-refractivity contribution in [3.8, 4) is 6.07 Å². The highest BCUT2D eigenvalue weighted by molar-refractivity contribution is 7.16. The number of hydrogen-bond acceptors (Lipinski definition) is 4. The predicted octanol–water partition coefficient (Wildman–Crippen LogP) is 2.04. The maximum absolute atomic E-state index is 9.39. The first kappa shape index (κ1) is 11.1. The van der Waals surface area contributed by atoms with Crippen LogP contribution in [-0.4, -0.2) is 19.1 Å². The Hall–Kier alpha value is -1.05. The minimum absolute atomic E-state index is 0.278. The number of thiophene rings is 1. The standard InChI is InChI=1S/C13H17N3S/c14-7-11-10-3-1-2-4-12(10)17-13(11)16-6-5-9(15)8-16/h9H,1-6,8,15H2. The van der Waals surface area contributed by atoms with E-state index in [0.717, 1.165) is 37.9 Å². The molecule has 3 rings (SSSR count). The fourth-order valence-electron chi connectivity index (χ4n) is 2.86. The van der Waals surface area contributed by atoms with Crippen LogP contribution >= 0.6 is 11.3 Å². The number of fused-ring (bicyclic) bond motifs is 1. The van der Waals surface area contributed by atoms with Crippen LogP contribution in [-0.2, 0) is 12.8 Å². The first-order chi connectivity index (χ1) is 8.29. The Kier molecular flexibility index (Phi) is 2.81. The van der Waals surface area contributed by atoms with Crippen LogP contribution in [0.25, 0.3) is 0 Å². The summed E-state index contributed by atoms with van der Waals surface area (Å²) in [6.45, 7) is 1.92. The number of nitrogens with zero attached hydrogens (tertiary/aromatic N) is 2. The smallest absolute Gasteiger partial charge is 0.110 e. The molecule has 1 atom stereocenters. The zero-order valence-electron chi connectivity index (χ0n) is 9.91. The van der Waals surface area contributed by atoms with E-state index in [2.05, 4.69) is 11.0 Å². The second-order valence-corrected chi connectivity index (χ2v) is 6.08. The number of aryl methyl sites for hydroxylation is 1. The molecule has 1 aliphatic heterocycles. The quantitative estimate of drug-likeness (QED) is 0.826. The van der Waals surface area contributed by atoms with E-state index in [0.29, 0.717) is 0 Å². The molecule has 0 amide bonds. The van der Waals surface area contributed by atoms with Gasteiger partial charge in [0.25, 0.3) is 0 Å². The van der Waals surface area contributed by atoms with Gasteiger partial charge in [-0.3, -0.25) is 0 Å². The maximum Gasteiger partial charge on any atom is 0.110 e. The monoisotopic (exact) mass is 247 g/mol. The van der Waals surface area contributed by atoms with Crippen molar-refractivity contribution in [1.29, 1.82) is 5.26 Å². The highest BCUT2D eigenvalue weighted by Gasteiger charge is 2.27. The molecule has 1 aliphatic carbocycles. The van der Waals surface area contributed by atoms with Gasteiger partial charge in [0.2, 0.25) is 0 Å². The molecular weight excluding hydrogens is 230 g/mol. The number of hydrogen-bond donors (Lipinski definition) is 1. The Morgan fingerprint density at radius 2 is 2.18 bits per heavy atom. The topological polar surface area (TPSA) is 53.0 Å². The SMILES string of the molecule is N#Cc1c(N2CCC(N)C2)sc2c1CCCC2. The zero-order valence-corrected chi connectivity index (χ0v) is 10.7. The van der Waals surface area contributed by atoms with Crippen LogP contribution in [0.4, 0.5) is 5.00 Å². The fourth-order valence-corrected chi connectivity index (χ4v) is 4.23. The van der Waals surface area contributed by atoms with Gasteiger partial charge in [0.05, 0.1) is 5.56 Å². The molecule has 1 aromatic heterocycles. The Bertz CT molecular complexity index is 472. The highest BCUT2D eigenvalue weighted by atomic mass is 32.1. The summed E-state index contributed by atoms with van der Waals surface area (Å²) >= 11 is 1.83. The van der Waals surface area contributed by atoms with Crippen molar-refractivity contribution in [2.75, 3.05) is 18.0 Å². The molecule has 1 aromatic rings. The molecule has 4 heteroatoms. The molecule has 3 nitrogen and oxygen atoms in total. The van der Waals surface area contributed by atoms with Crippen molar-refractivity contribution in [2.45, 2.75) is 38.1 Å². The minimum atomic E-state index is 0.278. The summed E-state index contributed by atoms with van der Waals surface area (Å²) in [6.07, 6.45) is 5.81. The number of nitrogens with two attached hydrogens (primary N) is 1. The summed E-state index contributed by atoms with van der Waals surface area (Å²) in [5.41, 5.74) is 8.23. The van der Waals surface area contributed by atoms with Crippen LogP contribution in [0.1, 0.15) is 35.3 Å². The van der Waals surface area contributed by atoms with E-state index < -0.39 is 0 Å². The largest absolute Gasteiger partial charge is 0.361 e. The van der Waals surface area contributed by atoms with E-state index in [1.54, 1.807) is 0 Å². The average Bonchev–Trinajstić information content (AvgIpc) is 2.91. The zero-order chi connectivity index (χ0) is 11.8. The van der Waals surface area contributed by atoms with Gasteiger partial charge in [0.1, 0.15) is 11.1 Å². The molecule has 1 saturated heterocycles. The van der Waals surface area contributed by atoms with Crippen LogP contribution < -0.4 is 10.6 Å². The molecular formula is C13H17N3S. The summed E-state index contributed by atoms with van der Waals surface area (Å²) in [7, 11) is 0. The first-order valence-electron chi connectivity index (χ1n) is 6.34. The second-order valence-electron chi connectivity index (χ2n) is 5.00. The molecule has 2 aliphatic rings. The molecule has 1 fully saturated rings. The van der Waals surface area contributed by atoms with Gasteiger partial charge < -0.3 is 10.6 Å². The average molecular weight is 247 g/mol. The molecule has 17 heavy (non-hydrogen) atoms. The van der Waals surface area contributed by atoms with Gasteiger partial charge in [-0.1, -0.05) is 0 Å². The highest BCUT2D eigenvalue weighted by Crippen LogP contribution is 2.40. The summed E-state index contributed by atoms with van der Waals surface area (Å²) in [5.74, 6) is 0. The molecule has 0 saturated carbocycles. The molecule has 0 bridgehead atoms. The van der Waals surface area contributed by atoms with Gasteiger partial charge in [-0.05, 0) is 37.7 Å². The third kappa shape index (κ3) is 1.84. The van der Waals surface area contributed by atoms with Crippen LogP contribution in [0.5, 0.6) is 0 Å². The van der Waals surface area contributed by atoms with E-state index in [1.165, 1.54) is 28.3 Å². The molecule has 2 N–H and O–H groups in total. The molecule has 0 spiro atoms. The van der Waals surface area contributed by atoms with Crippen LogP contribution in [0.2, 0.25) is 0 Å². The lowest BCUT2D eigenvalue weighted by Crippen LogP contribution is -2.26. The summed E-state index contributed by atoms with van der Waals surface area (Å²) in [4.78, 5) is 3.76. The van der Waals surface area contributed by atoms with Gasteiger partial charge in [0, 0.05) is 24.0 Å². The lowest BCUT2D eigenvalue weighted by atomic mass is 9.96. The maximum atomic E-state index is 9.39. The third-order valence-corrected chi connectivity index (χ3v) is 5.13. The lowest BCUT2D eigenvalue weighted by Gasteiger charge is -2.16. The van der Waals surface area contributed by atoms with Crippen LogP contribution in [0.3, 0.4) is 0 Å². The molecule has 0 aromatic carbocycles. The van der Waals surface area contributed by atoms with E-state index in [-0.39, 0.29) is 6.04 Å². The van der Waals surface area contributed by atoms with Crippen molar-refractivity contribution >= 4 is 16.3 Å². The second kappa shape index (κ2) is 4.32. The summed E-state index contributed by atoms with van der Waals surface area (Å²) in [6, 6.07) is 2.70. The molecule has 0 radical (unpaired) electrons. The Labute approximate surface area is 106 Å². The van der Waals surface area contributed by atoms with E-state index in [4.69, 9.17) is 5.73 Å². The predicted molar refractivity (Wildman–Crippen MR) is 70.5 cm³/mol. The Morgan fingerprint density at radius 3 is 2.88 bits per heavy atom. The van der Waals surface area contributed by atoms with Crippen molar-refractivity contribution in [2.24, 2.45) is 5.73 Å². The van der Waals surface area contributed by atoms with E-state index in [1.807, 2.05) is 11.3 Å². The van der Waals surface area contributed by atoms with Crippen molar-refractivity contribution in [3.63, 3.8) is 0 Å². The van der Waals surface area contributed by atoms with Gasteiger partial charge in [-0.25, -0.2) is 0 Å². The molecule has 1 unspecified atom stereocenters. The van der Waals surface area contributed by atoms with Gasteiger partial charge >= 0.3 is 0 Å². The molecule has 2 heterocycles. The fraction of sp³-hybridized carbons (Fsp3) is 0.615. The third-order valence-electron chi connectivity index (χ3n) is 3.78. The van der Waals surface area contributed by atoms with E-state index in [9.17, 15) is 5.26 Å². The van der Waals surface area contributed by atoms with Gasteiger partial charge in [-0.2, -0.15) is 5.26 Å². The summed E-state index contributed by atoms with van der Waals surface area (Å²) < 4.78 is 0. The lowest BCUT2D eigenvalue weighted by molar-refractivity contribution is 0.696.